The molecule has 3 N–H and O–H groups in total. The lowest BCUT2D eigenvalue weighted by molar-refractivity contribution is -0.384. The number of fused-ring (bicyclic) bond motifs is 1. The van der Waals surface area contributed by atoms with Gasteiger partial charge in [0.2, 0.25) is 0 Å². The summed E-state index contributed by atoms with van der Waals surface area (Å²) in [6.45, 7) is 5.66. The third-order valence-electron chi connectivity index (χ3n) is 13.1. The third kappa shape index (κ3) is 8.30. The van der Waals surface area contributed by atoms with Gasteiger partial charge in [-0.3, -0.25) is 19.8 Å². The van der Waals surface area contributed by atoms with Gasteiger partial charge in [-0.2, -0.15) is 0 Å². The smallest absolute Gasteiger partial charge is 0.293 e. The monoisotopic (exact) mass is 833 g/mol. The first-order valence-corrected chi connectivity index (χ1v) is 22.6. The lowest BCUT2D eigenvalue weighted by Crippen LogP contribution is -2.58. The Morgan fingerprint density at radius 2 is 1.75 bits per heavy atom. The average Bonchev–Trinajstić information content (AvgIpc) is 3.95. The summed E-state index contributed by atoms with van der Waals surface area (Å²) in [4.78, 5) is 37.4. The van der Waals surface area contributed by atoms with Crippen molar-refractivity contribution in [3.8, 4) is 11.5 Å². The zero-order valence-electron chi connectivity index (χ0n) is 33.6. The number of carbonyl (C=O) groups is 1. The molecule has 14 nitrogen and oxygen atoms in total. The predicted octanol–water partition coefficient (Wildman–Crippen LogP) is 8.05. The maximum atomic E-state index is 13.9. The van der Waals surface area contributed by atoms with Gasteiger partial charge in [0, 0.05) is 86.8 Å². The number of aromatic amines is 1. The van der Waals surface area contributed by atoms with Crippen molar-refractivity contribution in [2.24, 2.45) is 17.3 Å². The molecular formula is C45H51N7O7S. The van der Waals surface area contributed by atoms with Crippen molar-refractivity contribution in [1.29, 1.82) is 0 Å². The SMILES string of the molecule is O=C(NS(=O)(=O)c1ccc(NCC2CCOCC2)c([N+](=O)[O-])c1)c1ccc(N2CCC(CN3CC4(CCCC4)C3c3ccccc3)CC2)cc1Oc1cnc2[nH]ccc2c1. The topological polar surface area (TPSA) is 172 Å². The van der Waals surface area contributed by atoms with Crippen LogP contribution in [0.2, 0.25) is 0 Å². The molecule has 2 aromatic heterocycles. The van der Waals surface area contributed by atoms with E-state index in [0.717, 1.165) is 62.5 Å². The van der Waals surface area contributed by atoms with E-state index < -0.39 is 31.4 Å². The van der Waals surface area contributed by atoms with Gasteiger partial charge in [0.05, 0.1) is 21.6 Å². The second-order valence-electron chi connectivity index (χ2n) is 16.9. The normalized spacial score (nSPS) is 19.9. The number of pyridine rings is 1. The van der Waals surface area contributed by atoms with Crippen LogP contribution in [-0.2, 0) is 14.8 Å². The van der Waals surface area contributed by atoms with Crippen molar-refractivity contribution in [2.75, 3.05) is 56.2 Å². The van der Waals surface area contributed by atoms with Gasteiger partial charge in [0.25, 0.3) is 21.6 Å². The molecule has 1 atom stereocenters. The molecule has 3 aromatic carbocycles. The number of benzene rings is 3. The Hall–Kier alpha value is -5.51. The number of anilines is 2. The predicted molar refractivity (Wildman–Crippen MR) is 229 cm³/mol. The van der Waals surface area contributed by atoms with E-state index in [1.165, 1.54) is 49.9 Å². The van der Waals surface area contributed by atoms with Crippen LogP contribution in [0.5, 0.6) is 11.5 Å². The second kappa shape index (κ2) is 16.9. The zero-order chi connectivity index (χ0) is 41.3. The molecule has 314 valence electrons. The summed E-state index contributed by atoms with van der Waals surface area (Å²) in [6.07, 6.45) is 12.3. The Kier molecular flexibility index (Phi) is 11.2. The molecule has 4 fully saturated rings. The highest BCUT2D eigenvalue weighted by Gasteiger charge is 2.54. The molecule has 1 aliphatic carbocycles. The van der Waals surface area contributed by atoms with Crippen LogP contribution in [0.25, 0.3) is 11.0 Å². The number of carbonyl (C=O) groups excluding carboxylic acids is 1. The van der Waals surface area contributed by atoms with Gasteiger partial charge >= 0.3 is 0 Å². The number of hydrogen-bond acceptors (Lipinski definition) is 11. The molecular weight excluding hydrogens is 783 g/mol. The van der Waals surface area contributed by atoms with Crippen molar-refractivity contribution in [3.05, 3.63) is 112 Å². The summed E-state index contributed by atoms with van der Waals surface area (Å²) in [7, 11) is -4.53. The molecule has 1 unspecified atom stereocenters. The summed E-state index contributed by atoms with van der Waals surface area (Å²) < 4.78 is 41.2. The number of likely N-dealkylation sites (tertiary alicyclic amines) is 1. The molecule has 9 rings (SSSR count). The van der Waals surface area contributed by atoms with Crippen LogP contribution < -0.4 is 19.7 Å². The van der Waals surface area contributed by atoms with Gasteiger partial charge in [-0.15, -0.1) is 0 Å². The lowest BCUT2D eigenvalue weighted by atomic mass is 9.67. The fraction of sp³-hybridized carbons (Fsp3) is 0.422. The van der Waals surface area contributed by atoms with E-state index in [9.17, 15) is 23.3 Å². The summed E-state index contributed by atoms with van der Waals surface area (Å²) in [6, 6.07) is 23.9. The van der Waals surface area contributed by atoms with Gasteiger partial charge in [-0.1, -0.05) is 43.2 Å². The van der Waals surface area contributed by atoms with Crippen LogP contribution >= 0.6 is 0 Å². The first-order valence-electron chi connectivity index (χ1n) is 21.1. The maximum Gasteiger partial charge on any atom is 0.293 e. The molecule has 60 heavy (non-hydrogen) atoms. The van der Waals surface area contributed by atoms with Crippen LogP contribution in [0, 0.1) is 27.4 Å². The number of nitrogens with zero attached hydrogens (tertiary/aromatic N) is 4. The highest BCUT2D eigenvalue weighted by atomic mass is 32.2. The molecule has 5 aromatic rings. The quantitative estimate of drug-likeness (QED) is 0.0774. The summed E-state index contributed by atoms with van der Waals surface area (Å²) in [5.74, 6) is 0.439. The number of H-pyrrole nitrogens is 1. The number of ether oxygens (including phenoxy) is 2. The van der Waals surface area contributed by atoms with Crippen LogP contribution in [0.15, 0.2) is 96.2 Å². The molecule has 1 amide bonds. The number of piperidine rings is 1. The fourth-order valence-corrected chi connectivity index (χ4v) is 10.9. The third-order valence-corrected chi connectivity index (χ3v) is 14.4. The van der Waals surface area contributed by atoms with Crippen molar-refractivity contribution in [2.45, 2.75) is 62.3 Å². The van der Waals surface area contributed by atoms with Gasteiger partial charge in [0.15, 0.2) is 0 Å². The average molecular weight is 834 g/mol. The van der Waals surface area contributed by atoms with Crippen LogP contribution in [0.1, 0.15) is 73.3 Å². The summed E-state index contributed by atoms with van der Waals surface area (Å²) >= 11 is 0. The Labute approximate surface area is 349 Å². The van der Waals surface area contributed by atoms with E-state index in [-0.39, 0.29) is 22.9 Å². The van der Waals surface area contributed by atoms with E-state index in [0.29, 0.717) is 48.5 Å². The molecule has 1 spiro atoms. The van der Waals surface area contributed by atoms with E-state index in [4.69, 9.17) is 9.47 Å². The van der Waals surface area contributed by atoms with Crippen molar-refractivity contribution in [1.82, 2.24) is 19.6 Å². The number of hydrogen-bond donors (Lipinski definition) is 3. The minimum Gasteiger partial charge on any atom is -0.455 e. The van der Waals surface area contributed by atoms with Gasteiger partial charge in [-0.05, 0) is 92.3 Å². The number of aromatic nitrogens is 2. The standard InChI is InChI=1S/C45H51N7O7S/c53-44(49-60(56,57)37-9-11-39(40(26-37)52(54)55)47-27-31-15-22-58-23-16-31)38-10-8-35(25-41(38)59-36-24-34-12-19-46-43(34)48-28-36)50-20-13-32(14-21-50)29-51-30-45(17-4-5-18-45)42(51)33-6-2-1-3-7-33/h1-3,6-12,19,24-26,28,31-32,42,47H,4-5,13-18,20-23,27,29-30H2,(H,46,48)(H,49,53). The Morgan fingerprint density at radius 3 is 2.52 bits per heavy atom. The number of nitro benzene ring substituents is 1. The number of sulfonamides is 1. The lowest BCUT2D eigenvalue weighted by Gasteiger charge is -2.58. The first-order chi connectivity index (χ1) is 29.1. The molecule has 3 aliphatic heterocycles. The Balaban J connectivity index is 0.911. The van der Waals surface area contributed by atoms with Gasteiger partial charge in [-0.25, -0.2) is 18.1 Å². The van der Waals surface area contributed by atoms with Crippen LogP contribution in [0.4, 0.5) is 17.1 Å². The molecule has 15 heteroatoms. The van der Waals surface area contributed by atoms with E-state index >= 15 is 0 Å². The van der Waals surface area contributed by atoms with Crippen LogP contribution in [0.3, 0.4) is 0 Å². The van der Waals surface area contributed by atoms with Crippen molar-refractivity contribution < 1.29 is 27.6 Å². The molecule has 4 aliphatic rings. The molecule has 3 saturated heterocycles. The fourth-order valence-electron chi connectivity index (χ4n) is 9.94. The minimum absolute atomic E-state index is 0.0128. The van der Waals surface area contributed by atoms with E-state index in [2.05, 4.69) is 60.1 Å². The van der Waals surface area contributed by atoms with Gasteiger partial charge < -0.3 is 24.7 Å². The van der Waals surface area contributed by atoms with Crippen molar-refractivity contribution >= 4 is 44.0 Å². The molecule has 0 bridgehead atoms. The highest BCUT2D eigenvalue weighted by Crippen LogP contribution is 2.58. The molecule has 5 heterocycles. The largest absolute Gasteiger partial charge is 0.455 e. The number of rotatable bonds is 13. The summed E-state index contributed by atoms with van der Waals surface area (Å²) in [5, 5.41) is 16.0. The van der Waals surface area contributed by atoms with Crippen molar-refractivity contribution in [3.63, 3.8) is 0 Å². The Morgan fingerprint density at radius 1 is 0.967 bits per heavy atom. The zero-order valence-corrected chi connectivity index (χ0v) is 34.4. The van der Waals surface area contributed by atoms with E-state index in [1.807, 2.05) is 12.1 Å². The number of nitrogens with one attached hydrogen (secondary N) is 3. The van der Waals surface area contributed by atoms with Gasteiger partial charge in [0.1, 0.15) is 22.8 Å². The van der Waals surface area contributed by atoms with Crippen LogP contribution in [-0.4, -0.2) is 80.1 Å². The molecule has 1 saturated carbocycles. The number of nitro groups is 1. The minimum atomic E-state index is -4.53. The second-order valence-corrected chi connectivity index (χ2v) is 18.6. The summed E-state index contributed by atoms with van der Waals surface area (Å²) in [5.41, 5.74) is 3.17. The van der Waals surface area contributed by atoms with E-state index in [1.54, 1.807) is 30.6 Å². The maximum absolute atomic E-state index is 13.9. The number of amides is 1. The highest BCUT2D eigenvalue weighted by molar-refractivity contribution is 7.90. The molecule has 0 radical (unpaired) electrons. The Bertz CT molecular complexity index is 2460. The first kappa shape index (κ1) is 39.9.